The molecule has 0 bridgehead atoms. The van der Waals surface area contributed by atoms with E-state index in [1.165, 1.54) is 0 Å². The first kappa shape index (κ1) is 17.0. The number of nitrogens with one attached hydrogen (secondary N) is 2. The minimum Gasteiger partial charge on any atom is -0.323 e. The molecular formula is C18H16ClN3O3. The van der Waals surface area contributed by atoms with Crippen molar-refractivity contribution >= 4 is 34.1 Å². The second-order valence-electron chi connectivity index (χ2n) is 5.54. The van der Waals surface area contributed by atoms with E-state index < -0.39 is 23.2 Å². The fraction of sp³-hybridized carbons (Fsp3) is 0.167. The minimum atomic E-state index is -0.947. The van der Waals surface area contributed by atoms with Crippen molar-refractivity contribution in [2.75, 3.05) is 5.32 Å². The number of carbonyl (C=O) groups excluding carboxylic acids is 1. The molecule has 7 heteroatoms. The van der Waals surface area contributed by atoms with Crippen molar-refractivity contribution in [3.8, 4) is 0 Å². The standard InChI is InChI=1S/C18H16ClN3O3/c1-2-15(16(23)20-14-10-6-4-8-12(14)19)22-17(24)11-7-3-5-9-13(11)21-18(22)25/h3-10,15H,2H2,1H3,(H,20,23)(H,21,25)/t15-/m0/s1. The quantitative estimate of drug-likeness (QED) is 0.753. The molecule has 1 amide bonds. The van der Waals surface area contributed by atoms with Crippen molar-refractivity contribution in [2.24, 2.45) is 0 Å². The van der Waals surface area contributed by atoms with Gasteiger partial charge in [-0.3, -0.25) is 9.59 Å². The van der Waals surface area contributed by atoms with Crippen LogP contribution in [0.25, 0.3) is 10.9 Å². The van der Waals surface area contributed by atoms with E-state index in [1.54, 1.807) is 55.5 Å². The molecule has 0 radical (unpaired) electrons. The molecule has 0 saturated carbocycles. The maximum Gasteiger partial charge on any atom is 0.329 e. The lowest BCUT2D eigenvalue weighted by Crippen LogP contribution is -2.42. The van der Waals surface area contributed by atoms with E-state index in [2.05, 4.69) is 10.3 Å². The van der Waals surface area contributed by atoms with E-state index >= 15 is 0 Å². The number of aromatic nitrogens is 2. The molecule has 2 N–H and O–H groups in total. The van der Waals surface area contributed by atoms with Gasteiger partial charge < -0.3 is 10.3 Å². The number of benzene rings is 2. The number of aromatic amines is 1. The van der Waals surface area contributed by atoms with Crippen LogP contribution in [0.3, 0.4) is 0 Å². The van der Waals surface area contributed by atoms with Gasteiger partial charge in [-0.05, 0) is 30.7 Å². The maximum absolute atomic E-state index is 12.7. The minimum absolute atomic E-state index is 0.275. The predicted molar refractivity (Wildman–Crippen MR) is 98.2 cm³/mol. The monoisotopic (exact) mass is 357 g/mol. The first-order valence-corrected chi connectivity index (χ1v) is 8.19. The van der Waals surface area contributed by atoms with E-state index in [0.717, 1.165) is 4.57 Å². The molecule has 1 aromatic heterocycles. The summed E-state index contributed by atoms with van der Waals surface area (Å²) in [5, 5.41) is 3.41. The van der Waals surface area contributed by atoms with Gasteiger partial charge in [-0.2, -0.15) is 0 Å². The lowest BCUT2D eigenvalue weighted by molar-refractivity contribution is -0.119. The molecule has 0 spiro atoms. The Morgan fingerprint density at radius 3 is 2.56 bits per heavy atom. The normalized spacial score (nSPS) is 12.1. The lowest BCUT2D eigenvalue weighted by atomic mass is 10.1. The highest BCUT2D eigenvalue weighted by Gasteiger charge is 2.23. The van der Waals surface area contributed by atoms with Crippen LogP contribution in [0.4, 0.5) is 5.69 Å². The number of hydrogen-bond donors (Lipinski definition) is 2. The number of hydrogen-bond acceptors (Lipinski definition) is 3. The Morgan fingerprint density at radius 2 is 1.84 bits per heavy atom. The Labute approximate surface area is 148 Å². The Bertz CT molecular complexity index is 1060. The second-order valence-corrected chi connectivity index (χ2v) is 5.95. The number of carbonyl (C=O) groups is 1. The molecule has 25 heavy (non-hydrogen) atoms. The predicted octanol–water partition coefficient (Wildman–Crippen LogP) is 2.93. The average Bonchev–Trinajstić information content (AvgIpc) is 2.60. The third kappa shape index (κ3) is 3.21. The number of fused-ring (bicyclic) bond motifs is 1. The molecule has 0 aliphatic heterocycles. The van der Waals surface area contributed by atoms with Gasteiger partial charge in [0.05, 0.1) is 21.6 Å². The number of halogens is 1. The molecule has 1 atom stereocenters. The molecule has 6 nitrogen and oxygen atoms in total. The van der Waals surface area contributed by atoms with Gasteiger partial charge in [-0.15, -0.1) is 0 Å². The van der Waals surface area contributed by atoms with Crippen molar-refractivity contribution in [3.63, 3.8) is 0 Å². The molecule has 3 rings (SSSR count). The zero-order chi connectivity index (χ0) is 18.0. The Morgan fingerprint density at radius 1 is 1.16 bits per heavy atom. The van der Waals surface area contributed by atoms with Crippen molar-refractivity contribution in [2.45, 2.75) is 19.4 Å². The highest BCUT2D eigenvalue weighted by molar-refractivity contribution is 6.33. The third-order valence-electron chi connectivity index (χ3n) is 3.97. The highest BCUT2D eigenvalue weighted by Crippen LogP contribution is 2.22. The van der Waals surface area contributed by atoms with Gasteiger partial charge >= 0.3 is 5.69 Å². The van der Waals surface area contributed by atoms with E-state index in [-0.39, 0.29) is 6.42 Å². The van der Waals surface area contributed by atoms with Crippen LogP contribution in [0.2, 0.25) is 5.02 Å². The van der Waals surface area contributed by atoms with Gasteiger partial charge in [0.15, 0.2) is 0 Å². The van der Waals surface area contributed by atoms with Crippen molar-refractivity contribution in [1.29, 1.82) is 0 Å². The molecule has 128 valence electrons. The zero-order valence-corrected chi connectivity index (χ0v) is 14.2. The molecule has 0 saturated heterocycles. The van der Waals surface area contributed by atoms with E-state index in [9.17, 15) is 14.4 Å². The highest BCUT2D eigenvalue weighted by atomic mass is 35.5. The topological polar surface area (TPSA) is 84.0 Å². The summed E-state index contributed by atoms with van der Waals surface area (Å²) in [6.07, 6.45) is 0.275. The van der Waals surface area contributed by atoms with Crippen molar-refractivity contribution in [1.82, 2.24) is 9.55 Å². The van der Waals surface area contributed by atoms with Crippen LogP contribution >= 0.6 is 11.6 Å². The SMILES string of the molecule is CC[C@@H](C(=O)Nc1ccccc1Cl)n1c(=O)[nH]c2ccccc2c1=O. The largest absolute Gasteiger partial charge is 0.329 e. The number of para-hydroxylation sites is 2. The van der Waals surface area contributed by atoms with Crippen LogP contribution in [-0.4, -0.2) is 15.5 Å². The number of amides is 1. The zero-order valence-electron chi connectivity index (χ0n) is 13.5. The van der Waals surface area contributed by atoms with Crippen LogP contribution in [0, 0.1) is 0 Å². The molecule has 1 heterocycles. The summed E-state index contributed by atoms with van der Waals surface area (Å²) in [5.74, 6) is -0.474. The Hall–Kier alpha value is -2.86. The van der Waals surface area contributed by atoms with Crippen LogP contribution < -0.4 is 16.6 Å². The lowest BCUT2D eigenvalue weighted by Gasteiger charge is -2.18. The fourth-order valence-electron chi connectivity index (χ4n) is 2.72. The number of anilines is 1. The van der Waals surface area contributed by atoms with E-state index in [0.29, 0.717) is 21.6 Å². The molecule has 0 aliphatic carbocycles. The van der Waals surface area contributed by atoms with Gasteiger partial charge in [-0.25, -0.2) is 9.36 Å². The maximum atomic E-state index is 12.7. The second kappa shape index (κ2) is 6.94. The number of rotatable bonds is 4. The van der Waals surface area contributed by atoms with Crippen molar-refractivity contribution in [3.05, 3.63) is 74.4 Å². The first-order valence-electron chi connectivity index (χ1n) is 7.82. The Balaban J connectivity index is 2.05. The van der Waals surface area contributed by atoms with Crippen LogP contribution in [0.5, 0.6) is 0 Å². The van der Waals surface area contributed by atoms with E-state index in [1.807, 2.05) is 0 Å². The molecule has 0 aliphatic rings. The third-order valence-corrected chi connectivity index (χ3v) is 4.30. The molecular weight excluding hydrogens is 342 g/mol. The Kier molecular flexibility index (Phi) is 4.72. The molecule has 0 fully saturated rings. The van der Waals surface area contributed by atoms with Gasteiger partial charge in [-0.1, -0.05) is 42.8 Å². The van der Waals surface area contributed by atoms with Crippen LogP contribution in [0.1, 0.15) is 19.4 Å². The summed E-state index contributed by atoms with van der Waals surface area (Å²) in [4.78, 5) is 40.4. The van der Waals surface area contributed by atoms with Crippen molar-refractivity contribution < 1.29 is 4.79 Å². The van der Waals surface area contributed by atoms with Gasteiger partial charge in [0.1, 0.15) is 6.04 Å². The van der Waals surface area contributed by atoms with Gasteiger partial charge in [0, 0.05) is 0 Å². The molecule has 2 aromatic carbocycles. The summed E-state index contributed by atoms with van der Waals surface area (Å²) in [6, 6.07) is 12.5. The molecule has 0 unspecified atom stereocenters. The summed E-state index contributed by atoms with van der Waals surface area (Å²) in [7, 11) is 0. The summed E-state index contributed by atoms with van der Waals surface area (Å²) < 4.78 is 0.953. The number of nitrogens with zero attached hydrogens (tertiary/aromatic N) is 1. The first-order chi connectivity index (χ1) is 12.0. The fourth-order valence-corrected chi connectivity index (χ4v) is 2.91. The van der Waals surface area contributed by atoms with Gasteiger partial charge in [0.25, 0.3) is 5.56 Å². The summed E-state index contributed by atoms with van der Waals surface area (Å²) in [5.41, 5.74) is -0.252. The number of H-pyrrole nitrogens is 1. The summed E-state index contributed by atoms with van der Waals surface area (Å²) >= 11 is 6.05. The smallest absolute Gasteiger partial charge is 0.323 e. The molecule has 3 aromatic rings. The van der Waals surface area contributed by atoms with Crippen LogP contribution in [0.15, 0.2) is 58.1 Å². The van der Waals surface area contributed by atoms with Gasteiger partial charge in [0.2, 0.25) is 5.91 Å². The van der Waals surface area contributed by atoms with Crippen LogP contribution in [-0.2, 0) is 4.79 Å². The van der Waals surface area contributed by atoms with E-state index in [4.69, 9.17) is 11.6 Å². The average molecular weight is 358 g/mol. The summed E-state index contributed by atoms with van der Waals surface area (Å²) in [6.45, 7) is 1.73.